The standard InChI is InChI=1S/C18H28N6S.HI/c1-5-24(6-2)16-8-7-15(12-21-16)13-23-18(19-4)20-10-9-17-22-11-14(3)25-17;/h7-8,11-12H,5-6,9-10,13H2,1-4H3,(H2,19,20,23);1H. The number of hydrogen-bond acceptors (Lipinski definition) is 5. The van der Waals surface area contributed by atoms with Crippen molar-refractivity contribution in [1.29, 1.82) is 0 Å². The molecule has 0 saturated heterocycles. The van der Waals surface area contributed by atoms with Gasteiger partial charge < -0.3 is 15.5 Å². The number of hydrogen-bond donors (Lipinski definition) is 2. The van der Waals surface area contributed by atoms with E-state index >= 15 is 0 Å². The van der Waals surface area contributed by atoms with Gasteiger partial charge in [-0.25, -0.2) is 9.97 Å². The Balaban J connectivity index is 0.00000338. The number of rotatable bonds is 8. The number of thiazole rings is 1. The van der Waals surface area contributed by atoms with Gasteiger partial charge in [0, 0.05) is 56.9 Å². The third-order valence-corrected chi connectivity index (χ3v) is 4.85. The fraction of sp³-hybridized carbons (Fsp3) is 0.500. The minimum atomic E-state index is 0. The quantitative estimate of drug-likeness (QED) is 0.340. The van der Waals surface area contributed by atoms with Crippen molar-refractivity contribution in [1.82, 2.24) is 20.6 Å². The molecule has 26 heavy (non-hydrogen) atoms. The predicted octanol–water partition coefficient (Wildman–Crippen LogP) is 3.22. The molecule has 2 N–H and O–H groups in total. The number of halogens is 1. The Hall–Kier alpha value is -1.42. The lowest BCUT2D eigenvalue weighted by Crippen LogP contribution is -2.37. The molecule has 8 heteroatoms. The normalized spacial score (nSPS) is 11.0. The second-order valence-electron chi connectivity index (χ2n) is 5.66. The zero-order chi connectivity index (χ0) is 18.1. The number of nitrogens with one attached hydrogen (secondary N) is 2. The molecule has 6 nitrogen and oxygen atoms in total. The van der Waals surface area contributed by atoms with Crippen molar-refractivity contribution in [3.05, 3.63) is 40.0 Å². The van der Waals surface area contributed by atoms with Gasteiger partial charge in [-0.3, -0.25) is 4.99 Å². The molecule has 0 bridgehead atoms. The van der Waals surface area contributed by atoms with Crippen LogP contribution in [-0.4, -0.2) is 42.6 Å². The summed E-state index contributed by atoms with van der Waals surface area (Å²) in [6.45, 7) is 9.81. The van der Waals surface area contributed by atoms with Crippen LogP contribution in [0.1, 0.15) is 29.3 Å². The van der Waals surface area contributed by atoms with Gasteiger partial charge in [-0.1, -0.05) is 6.07 Å². The van der Waals surface area contributed by atoms with Gasteiger partial charge in [0.1, 0.15) is 5.82 Å². The molecule has 144 valence electrons. The SMILES string of the molecule is CCN(CC)c1ccc(CNC(=NC)NCCc2ncc(C)s2)cn1.I. The van der Waals surface area contributed by atoms with Crippen LogP contribution in [0.25, 0.3) is 0 Å². The van der Waals surface area contributed by atoms with Gasteiger partial charge in [0.2, 0.25) is 0 Å². The highest BCUT2D eigenvalue weighted by Gasteiger charge is 2.04. The predicted molar refractivity (Wildman–Crippen MR) is 122 cm³/mol. The van der Waals surface area contributed by atoms with Crippen molar-refractivity contribution in [2.24, 2.45) is 4.99 Å². The summed E-state index contributed by atoms with van der Waals surface area (Å²) in [5, 5.41) is 7.79. The molecule has 0 atom stereocenters. The van der Waals surface area contributed by atoms with E-state index in [4.69, 9.17) is 0 Å². The van der Waals surface area contributed by atoms with E-state index in [1.54, 1.807) is 18.4 Å². The van der Waals surface area contributed by atoms with Crippen LogP contribution >= 0.6 is 35.3 Å². The smallest absolute Gasteiger partial charge is 0.191 e. The molecular formula is C18H29IN6S. The van der Waals surface area contributed by atoms with Gasteiger partial charge in [0.15, 0.2) is 5.96 Å². The zero-order valence-electron chi connectivity index (χ0n) is 16.0. The van der Waals surface area contributed by atoms with Crippen molar-refractivity contribution in [3.8, 4) is 0 Å². The molecule has 2 aromatic rings. The van der Waals surface area contributed by atoms with Crippen molar-refractivity contribution in [2.75, 3.05) is 31.6 Å². The lowest BCUT2D eigenvalue weighted by molar-refractivity contribution is 0.788. The van der Waals surface area contributed by atoms with Crippen LogP contribution in [0.15, 0.2) is 29.5 Å². The van der Waals surface area contributed by atoms with E-state index < -0.39 is 0 Å². The third-order valence-electron chi connectivity index (χ3n) is 3.88. The van der Waals surface area contributed by atoms with Crippen LogP contribution in [0.2, 0.25) is 0 Å². The van der Waals surface area contributed by atoms with E-state index in [1.807, 2.05) is 12.4 Å². The maximum atomic E-state index is 4.55. The fourth-order valence-corrected chi connectivity index (χ4v) is 3.25. The van der Waals surface area contributed by atoms with Crippen molar-refractivity contribution in [3.63, 3.8) is 0 Å². The number of aliphatic imine (C=N–C) groups is 1. The summed E-state index contributed by atoms with van der Waals surface area (Å²) in [5.74, 6) is 1.82. The summed E-state index contributed by atoms with van der Waals surface area (Å²) < 4.78 is 0. The van der Waals surface area contributed by atoms with Gasteiger partial charge in [-0.15, -0.1) is 35.3 Å². The Morgan fingerprint density at radius 1 is 1.15 bits per heavy atom. The molecule has 0 aliphatic carbocycles. The molecule has 2 heterocycles. The molecule has 0 aromatic carbocycles. The molecule has 0 aliphatic heterocycles. The first kappa shape index (κ1) is 22.6. The van der Waals surface area contributed by atoms with Gasteiger partial charge in [-0.05, 0) is 32.4 Å². The highest BCUT2D eigenvalue weighted by molar-refractivity contribution is 14.0. The third kappa shape index (κ3) is 7.06. The van der Waals surface area contributed by atoms with Crippen molar-refractivity contribution < 1.29 is 0 Å². The van der Waals surface area contributed by atoms with Gasteiger partial charge in [-0.2, -0.15) is 0 Å². The summed E-state index contributed by atoms with van der Waals surface area (Å²) in [4.78, 5) is 16.7. The summed E-state index contributed by atoms with van der Waals surface area (Å²) in [7, 11) is 1.78. The first-order valence-corrected chi connectivity index (χ1v) is 9.53. The minimum absolute atomic E-state index is 0. The molecule has 0 fully saturated rings. The molecular weight excluding hydrogens is 459 g/mol. The Morgan fingerprint density at radius 3 is 2.46 bits per heavy atom. The highest BCUT2D eigenvalue weighted by atomic mass is 127. The maximum absolute atomic E-state index is 4.55. The summed E-state index contributed by atoms with van der Waals surface area (Å²) >= 11 is 1.74. The number of pyridine rings is 1. The van der Waals surface area contributed by atoms with Crippen LogP contribution < -0.4 is 15.5 Å². The molecule has 0 radical (unpaired) electrons. The molecule has 0 spiro atoms. The second-order valence-corrected chi connectivity index (χ2v) is 6.98. The van der Waals surface area contributed by atoms with E-state index in [2.05, 4.69) is 63.4 Å². The van der Waals surface area contributed by atoms with Crippen LogP contribution in [-0.2, 0) is 13.0 Å². The first-order valence-electron chi connectivity index (χ1n) is 8.72. The monoisotopic (exact) mass is 488 g/mol. The number of anilines is 1. The Labute approximate surface area is 177 Å². The minimum Gasteiger partial charge on any atom is -0.357 e. The van der Waals surface area contributed by atoms with Crippen molar-refractivity contribution in [2.45, 2.75) is 33.7 Å². The molecule has 0 unspecified atom stereocenters. The largest absolute Gasteiger partial charge is 0.357 e. The zero-order valence-corrected chi connectivity index (χ0v) is 19.1. The molecule has 0 saturated carbocycles. The summed E-state index contributed by atoms with van der Waals surface area (Å²) in [6.07, 6.45) is 4.74. The van der Waals surface area contributed by atoms with E-state index in [0.717, 1.165) is 48.4 Å². The Kier molecular flexibility index (Phi) is 10.5. The van der Waals surface area contributed by atoms with Crippen molar-refractivity contribution >= 4 is 47.1 Å². The maximum Gasteiger partial charge on any atom is 0.191 e. The molecule has 2 rings (SSSR count). The van der Waals surface area contributed by atoms with E-state index in [0.29, 0.717) is 6.54 Å². The van der Waals surface area contributed by atoms with Crippen LogP contribution in [0.4, 0.5) is 5.82 Å². The average molecular weight is 488 g/mol. The van der Waals surface area contributed by atoms with E-state index in [1.165, 1.54) is 4.88 Å². The van der Waals surface area contributed by atoms with Gasteiger partial charge in [0.05, 0.1) is 5.01 Å². The lowest BCUT2D eigenvalue weighted by atomic mass is 10.2. The lowest BCUT2D eigenvalue weighted by Gasteiger charge is -2.19. The number of aromatic nitrogens is 2. The van der Waals surface area contributed by atoms with E-state index in [-0.39, 0.29) is 24.0 Å². The Bertz CT molecular complexity index is 667. The second kappa shape index (κ2) is 12.1. The van der Waals surface area contributed by atoms with Gasteiger partial charge >= 0.3 is 0 Å². The first-order chi connectivity index (χ1) is 12.2. The van der Waals surface area contributed by atoms with Crippen LogP contribution in [0.5, 0.6) is 0 Å². The van der Waals surface area contributed by atoms with Crippen LogP contribution in [0, 0.1) is 6.92 Å². The summed E-state index contributed by atoms with van der Waals surface area (Å²) in [5.41, 5.74) is 1.13. The fourth-order valence-electron chi connectivity index (χ4n) is 2.47. The number of nitrogens with zero attached hydrogens (tertiary/aromatic N) is 4. The Morgan fingerprint density at radius 2 is 1.92 bits per heavy atom. The average Bonchev–Trinajstić information content (AvgIpc) is 3.05. The van der Waals surface area contributed by atoms with Crippen LogP contribution in [0.3, 0.4) is 0 Å². The molecule has 0 aliphatic rings. The molecule has 2 aromatic heterocycles. The van der Waals surface area contributed by atoms with E-state index in [9.17, 15) is 0 Å². The number of guanidine groups is 1. The summed E-state index contributed by atoms with van der Waals surface area (Å²) in [6, 6.07) is 4.18. The van der Waals surface area contributed by atoms with Gasteiger partial charge in [0.25, 0.3) is 0 Å². The highest BCUT2D eigenvalue weighted by Crippen LogP contribution is 2.11. The number of aryl methyl sites for hydroxylation is 1. The topological polar surface area (TPSA) is 65.4 Å². The molecule has 0 amide bonds.